The van der Waals surface area contributed by atoms with E-state index in [-0.39, 0.29) is 19.4 Å². The SMILES string of the molecule is CCCCCCCC/C=C/C/C=C/CCCCC(=O)OC[C@H](COP(=O)(O)O)OC(=O)CCC/C=C/CC/C=C/CCCCCCCCCCCCCCCC. The van der Waals surface area contributed by atoms with E-state index in [9.17, 15) is 14.2 Å². The quantitative estimate of drug-likeness (QED) is 0.0271. The van der Waals surface area contributed by atoms with E-state index >= 15 is 0 Å². The number of phosphoric acid groups is 1. The topological polar surface area (TPSA) is 119 Å². The first kappa shape index (κ1) is 54.0. The molecule has 0 aliphatic rings. The molecule has 56 heavy (non-hydrogen) atoms. The van der Waals surface area contributed by atoms with Crippen LogP contribution < -0.4 is 0 Å². The summed E-state index contributed by atoms with van der Waals surface area (Å²) in [6.07, 6.45) is 52.9. The van der Waals surface area contributed by atoms with Gasteiger partial charge in [-0.25, -0.2) is 4.57 Å². The molecule has 0 spiro atoms. The summed E-state index contributed by atoms with van der Waals surface area (Å²) in [5.41, 5.74) is 0. The fourth-order valence-corrected chi connectivity index (χ4v) is 6.73. The molecule has 0 rings (SSSR count). The predicted molar refractivity (Wildman–Crippen MR) is 234 cm³/mol. The zero-order valence-electron chi connectivity index (χ0n) is 36.0. The van der Waals surface area contributed by atoms with Crippen molar-refractivity contribution in [1.82, 2.24) is 0 Å². The van der Waals surface area contributed by atoms with Gasteiger partial charge in [-0.3, -0.25) is 14.1 Å². The first-order chi connectivity index (χ1) is 27.3. The van der Waals surface area contributed by atoms with Crippen LogP contribution in [0.3, 0.4) is 0 Å². The average molecular weight is 809 g/mol. The molecular formula is C47H85O8P. The third-order valence-corrected chi connectivity index (χ3v) is 10.3. The highest BCUT2D eigenvalue weighted by Crippen LogP contribution is 2.36. The second-order valence-electron chi connectivity index (χ2n) is 15.4. The van der Waals surface area contributed by atoms with E-state index in [1.165, 1.54) is 128 Å². The second-order valence-corrected chi connectivity index (χ2v) is 16.6. The van der Waals surface area contributed by atoms with Crippen LogP contribution in [0.25, 0.3) is 0 Å². The second kappa shape index (κ2) is 42.6. The number of rotatable bonds is 42. The fourth-order valence-electron chi connectivity index (χ4n) is 6.36. The van der Waals surface area contributed by atoms with Gasteiger partial charge in [-0.2, -0.15) is 0 Å². The van der Waals surface area contributed by atoms with Crippen molar-refractivity contribution in [3.63, 3.8) is 0 Å². The standard InChI is InChI=1S/C47H85O8P/c1-3-5-7-9-11-13-15-17-19-20-21-22-23-24-25-26-28-30-32-34-36-38-40-42-47(49)55-45(44-54-56(50,51)52)43-53-46(48)41-39-37-35-33-31-29-27-18-16-14-12-10-8-6-4-2/h18,26-28,31,33-34,36,45H,3-17,19-25,29-30,32,35,37-44H2,1-2H3,(H2,50,51,52)/b27-18+,28-26+,33-31+,36-34+/t45-/m1/s1. The zero-order valence-corrected chi connectivity index (χ0v) is 36.9. The van der Waals surface area contributed by atoms with E-state index in [0.29, 0.717) is 12.8 Å². The minimum Gasteiger partial charge on any atom is -0.462 e. The molecule has 0 heterocycles. The normalized spacial score (nSPS) is 12.9. The van der Waals surface area contributed by atoms with Crippen LogP contribution in [0.2, 0.25) is 0 Å². The monoisotopic (exact) mass is 809 g/mol. The van der Waals surface area contributed by atoms with Crippen LogP contribution in [0.5, 0.6) is 0 Å². The molecule has 0 aromatic heterocycles. The van der Waals surface area contributed by atoms with E-state index in [1.807, 2.05) is 0 Å². The molecule has 0 radical (unpaired) electrons. The van der Waals surface area contributed by atoms with Crippen LogP contribution in [-0.4, -0.2) is 41.0 Å². The highest BCUT2D eigenvalue weighted by atomic mass is 31.2. The van der Waals surface area contributed by atoms with Crippen molar-refractivity contribution in [2.24, 2.45) is 0 Å². The van der Waals surface area contributed by atoms with Crippen LogP contribution >= 0.6 is 7.82 Å². The Morgan fingerprint density at radius 2 is 0.839 bits per heavy atom. The minimum atomic E-state index is -4.77. The van der Waals surface area contributed by atoms with Gasteiger partial charge in [0.25, 0.3) is 0 Å². The number of phosphoric ester groups is 1. The van der Waals surface area contributed by atoms with Gasteiger partial charge in [0.05, 0.1) is 6.61 Å². The Morgan fingerprint density at radius 3 is 1.30 bits per heavy atom. The summed E-state index contributed by atoms with van der Waals surface area (Å²) >= 11 is 0. The van der Waals surface area contributed by atoms with Crippen molar-refractivity contribution < 1.29 is 37.9 Å². The van der Waals surface area contributed by atoms with Crippen molar-refractivity contribution in [2.75, 3.05) is 13.2 Å². The number of carbonyl (C=O) groups is 2. The van der Waals surface area contributed by atoms with Gasteiger partial charge in [-0.1, -0.05) is 178 Å². The molecule has 0 unspecified atom stereocenters. The maximum absolute atomic E-state index is 12.4. The van der Waals surface area contributed by atoms with E-state index in [1.54, 1.807) is 0 Å². The molecular weight excluding hydrogens is 723 g/mol. The predicted octanol–water partition coefficient (Wildman–Crippen LogP) is 14.3. The van der Waals surface area contributed by atoms with Crippen LogP contribution in [0.1, 0.15) is 219 Å². The van der Waals surface area contributed by atoms with Crippen molar-refractivity contribution in [2.45, 2.75) is 225 Å². The third-order valence-electron chi connectivity index (χ3n) is 9.80. The van der Waals surface area contributed by atoms with Crippen molar-refractivity contribution in [3.8, 4) is 0 Å². The lowest BCUT2D eigenvalue weighted by atomic mass is 10.0. The molecule has 8 nitrogen and oxygen atoms in total. The van der Waals surface area contributed by atoms with Crippen LogP contribution in [-0.2, 0) is 28.2 Å². The van der Waals surface area contributed by atoms with Gasteiger partial charge in [-0.15, -0.1) is 0 Å². The lowest BCUT2D eigenvalue weighted by Crippen LogP contribution is -2.29. The molecule has 2 N–H and O–H groups in total. The Kier molecular flexibility index (Phi) is 41.1. The molecule has 326 valence electrons. The third kappa shape index (κ3) is 44.7. The smallest absolute Gasteiger partial charge is 0.462 e. The Morgan fingerprint density at radius 1 is 0.464 bits per heavy atom. The number of ether oxygens (including phenoxy) is 2. The summed E-state index contributed by atoms with van der Waals surface area (Å²) < 4.78 is 26.4. The highest BCUT2D eigenvalue weighted by Gasteiger charge is 2.22. The van der Waals surface area contributed by atoms with Crippen LogP contribution in [0.4, 0.5) is 0 Å². The molecule has 0 saturated heterocycles. The zero-order chi connectivity index (χ0) is 41.1. The Balaban J connectivity index is 3.95. The lowest BCUT2D eigenvalue weighted by molar-refractivity contribution is -0.161. The molecule has 0 amide bonds. The summed E-state index contributed by atoms with van der Waals surface area (Å²) in [5.74, 6) is -0.970. The molecule has 1 atom stereocenters. The minimum absolute atomic E-state index is 0.145. The molecule has 0 saturated carbocycles. The maximum Gasteiger partial charge on any atom is 0.469 e. The van der Waals surface area contributed by atoms with E-state index in [2.05, 4.69) is 67.0 Å². The number of hydrogen-bond donors (Lipinski definition) is 2. The molecule has 0 aromatic carbocycles. The Labute approximate surface area is 344 Å². The van der Waals surface area contributed by atoms with E-state index < -0.39 is 32.5 Å². The van der Waals surface area contributed by atoms with Gasteiger partial charge < -0.3 is 19.3 Å². The van der Waals surface area contributed by atoms with Crippen molar-refractivity contribution in [3.05, 3.63) is 48.6 Å². The number of esters is 2. The fraction of sp³-hybridized carbons (Fsp3) is 0.787. The van der Waals surface area contributed by atoms with Crippen LogP contribution in [0, 0.1) is 0 Å². The van der Waals surface area contributed by atoms with Gasteiger partial charge in [0.2, 0.25) is 0 Å². The molecule has 9 heteroatoms. The Hall–Kier alpha value is -1.99. The van der Waals surface area contributed by atoms with Crippen molar-refractivity contribution >= 4 is 19.8 Å². The largest absolute Gasteiger partial charge is 0.469 e. The lowest BCUT2D eigenvalue weighted by Gasteiger charge is -2.18. The van der Waals surface area contributed by atoms with E-state index in [4.69, 9.17) is 19.3 Å². The first-order valence-electron chi connectivity index (χ1n) is 22.9. The maximum atomic E-state index is 12.4. The van der Waals surface area contributed by atoms with Gasteiger partial charge in [0.15, 0.2) is 6.10 Å². The summed E-state index contributed by atoms with van der Waals surface area (Å²) in [5, 5.41) is 0. The molecule has 0 fully saturated rings. The molecule has 0 aliphatic carbocycles. The van der Waals surface area contributed by atoms with Gasteiger partial charge in [-0.05, 0) is 77.0 Å². The molecule has 0 aromatic rings. The summed E-state index contributed by atoms with van der Waals surface area (Å²) in [6.45, 7) is 3.64. The highest BCUT2D eigenvalue weighted by molar-refractivity contribution is 7.46. The summed E-state index contributed by atoms with van der Waals surface area (Å²) in [4.78, 5) is 42.9. The van der Waals surface area contributed by atoms with Gasteiger partial charge >= 0.3 is 19.8 Å². The van der Waals surface area contributed by atoms with Crippen LogP contribution in [0.15, 0.2) is 48.6 Å². The summed E-state index contributed by atoms with van der Waals surface area (Å²) in [7, 11) is -4.77. The van der Waals surface area contributed by atoms with Gasteiger partial charge in [0, 0.05) is 12.8 Å². The van der Waals surface area contributed by atoms with E-state index in [0.717, 1.165) is 51.4 Å². The number of unbranched alkanes of at least 4 members (excludes halogenated alkanes) is 24. The first-order valence-corrected chi connectivity index (χ1v) is 24.5. The average Bonchev–Trinajstić information content (AvgIpc) is 3.17. The molecule has 0 aliphatic heterocycles. The van der Waals surface area contributed by atoms with Gasteiger partial charge in [0.1, 0.15) is 6.61 Å². The summed E-state index contributed by atoms with van der Waals surface area (Å²) in [6, 6.07) is 0. The number of hydrogen-bond acceptors (Lipinski definition) is 6. The van der Waals surface area contributed by atoms with Crippen molar-refractivity contribution in [1.29, 1.82) is 0 Å². The Bertz CT molecular complexity index is 1050. The number of allylic oxidation sites excluding steroid dienone is 8. The molecule has 0 bridgehead atoms. The number of carbonyl (C=O) groups excluding carboxylic acids is 2.